The fraction of sp³-hybridized carbons (Fsp3) is 0.500. The van der Waals surface area contributed by atoms with Gasteiger partial charge in [-0.2, -0.15) is 0 Å². The van der Waals surface area contributed by atoms with E-state index in [1.54, 1.807) is 24.4 Å². The van der Waals surface area contributed by atoms with Gasteiger partial charge in [0.2, 0.25) is 5.91 Å². The van der Waals surface area contributed by atoms with Crippen LogP contribution in [0.25, 0.3) is 0 Å². The molecule has 8 nitrogen and oxygen atoms in total. The maximum absolute atomic E-state index is 13.0. The van der Waals surface area contributed by atoms with Gasteiger partial charge in [-0.3, -0.25) is 9.59 Å². The number of carbonyl (C=O) groups excluding carboxylic acids is 3. The second kappa shape index (κ2) is 13.2. The zero-order valence-electron chi connectivity index (χ0n) is 20.9. The van der Waals surface area contributed by atoms with Crippen molar-refractivity contribution < 1.29 is 19.1 Å². The van der Waals surface area contributed by atoms with E-state index in [0.29, 0.717) is 55.3 Å². The highest BCUT2D eigenvalue weighted by Gasteiger charge is 2.28. The fourth-order valence-electron chi connectivity index (χ4n) is 4.24. The van der Waals surface area contributed by atoms with Crippen LogP contribution in [0.1, 0.15) is 76.8 Å². The first kappa shape index (κ1) is 28.2. The van der Waals surface area contributed by atoms with Crippen LogP contribution in [0.15, 0.2) is 30.5 Å². The third-order valence-corrected chi connectivity index (χ3v) is 6.05. The maximum atomic E-state index is 13.0. The number of nitrogens with zero attached hydrogens (tertiary/aromatic N) is 3. The molecule has 0 spiro atoms. The van der Waals surface area contributed by atoms with Crippen molar-refractivity contribution in [2.75, 3.05) is 26.7 Å². The van der Waals surface area contributed by atoms with E-state index in [2.05, 4.69) is 29.1 Å². The molecule has 2 heterocycles. The zero-order valence-corrected chi connectivity index (χ0v) is 21.7. The summed E-state index contributed by atoms with van der Waals surface area (Å²) < 4.78 is 4.76. The summed E-state index contributed by atoms with van der Waals surface area (Å²) in [5, 5.41) is 2.96. The Morgan fingerprint density at radius 3 is 2.57 bits per heavy atom. The molecular formula is C26H35ClN4O4. The molecule has 35 heavy (non-hydrogen) atoms. The number of nitrogens with one attached hydrogen (secondary N) is 1. The molecule has 0 bridgehead atoms. The van der Waals surface area contributed by atoms with Crippen molar-refractivity contribution >= 4 is 30.2 Å². The number of piperidine rings is 1. The van der Waals surface area contributed by atoms with E-state index < -0.39 is 0 Å². The number of ether oxygens (including phenoxy) is 1. The smallest absolute Gasteiger partial charge is 0.337 e. The summed E-state index contributed by atoms with van der Waals surface area (Å²) in [4.78, 5) is 47.9. The number of methoxy groups -OCH3 is 1. The average molecular weight is 503 g/mol. The Balaban J connectivity index is 0.00000432. The molecule has 2 aromatic rings. The minimum Gasteiger partial charge on any atom is -0.465 e. The lowest BCUT2D eigenvalue weighted by molar-refractivity contribution is -0.133. The first-order chi connectivity index (χ1) is 16.3. The first-order valence-electron chi connectivity index (χ1n) is 11.8. The number of hydrogen-bond acceptors (Lipinski definition) is 6. The van der Waals surface area contributed by atoms with E-state index in [-0.39, 0.29) is 36.1 Å². The zero-order chi connectivity index (χ0) is 24.7. The van der Waals surface area contributed by atoms with Crippen LogP contribution in [0, 0.1) is 12.8 Å². The van der Waals surface area contributed by atoms with Crippen molar-refractivity contribution in [3.63, 3.8) is 0 Å². The molecule has 0 saturated carbocycles. The maximum Gasteiger partial charge on any atom is 0.337 e. The summed E-state index contributed by atoms with van der Waals surface area (Å²) in [6, 6.07) is 7.18. The minimum atomic E-state index is -0.385. The fourth-order valence-corrected chi connectivity index (χ4v) is 4.24. The molecule has 1 N–H and O–H groups in total. The lowest BCUT2D eigenvalue weighted by Crippen LogP contribution is -2.39. The highest BCUT2D eigenvalue weighted by molar-refractivity contribution is 5.95. The number of halogens is 1. The second-order valence-corrected chi connectivity index (χ2v) is 9.17. The third-order valence-electron chi connectivity index (χ3n) is 6.05. The molecule has 1 aliphatic rings. The predicted molar refractivity (Wildman–Crippen MR) is 136 cm³/mol. The number of likely N-dealkylation sites (tertiary alicyclic amines) is 1. The summed E-state index contributed by atoms with van der Waals surface area (Å²) >= 11 is 0. The monoisotopic (exact) mass is 502 g/mol. The highest BCUT2D eigenvalue weighted by Crippen LogP contribution is 2.29. The van der Waals surface area contributed by atoms with Crippen LogP contribution in [0.2, 0.25) is 0 Å². The van der Waals surface area contributed by atoms with E-state index in [9.17, 15) is 14.4 Å². The van der Waals surface area contributed by atoms with E-state index in [1.807, 2.05) is 17.9 Å². The number of rotatable bonds is 8. The van der Waals surface area contributed by atoms with Crippen LogP contribution in [-0.2, 0) is 16.0 Å². The Bertz CT molecular complexity index is 1040. The molecule has 3 rings (SSSR count). The van der Waals surface area contributed by atoms with Gasteiger partial charge in [-0.25, -0.2) is 14.8 Å². The SMILES string of the molecule is COC(=O)c1cccc(CCNC(=O)c2cnc(C)nc2C2CCN(C(=O)CC(C)C)CC2)c1.Cl. The molecule has 1 aliphatic heterocycles. The topological polar surface area (TPSA) is 101 Å². The summed E-state index contributed by atoms with van der Waals surface area (Å²) in [6.45, 7) is 7.69. The number of aryl methyl sites for hydroxylation is 1. The van der Waals surface area contributed by atoms with Gasteiger partial charge in [0.15, 0.2) is 0 Å². The number of benzene rings is 1. The third kappa shape index (κ3) is 7.75. The van der Waals surface area contributed by atoms with Crippen LogP contribution in [0.3, 0.4) is 0 Å². The van der Waals surface area contributed by atoms with E-state index in [4.69, 9.17) is 4.74 Å². The van der Waals surface area contributed by atoms with Crippen molar-refractivity contribution in [1.82, 2.24) is 20.2 Å². The summed E-state index contributed by atoms with van der Waals surface area (Å²) in [7, 11) is 1.35. The Morgan fingerprint density at radius 2 is 1.91 bits per heavy atom. The second-order valence-electron chi connectivity index (χ2n) is 9.17. The summed E-state index contributed by atoms with van der Waals surface area (Å²) in [5.41, 5.74) is 2.66. The lowest BCUT2D eigenvalue weighted by Gasteiger charge is -2.32. The number of carbonyl (C=O) groups is 3. The van der Waals surface area contributed by atoms with E-state index >= 15 is 0 Å². The van der Waals surface area contributed by atoms with Gasteiger partial charge in [-0.05, 0) is 49.8 Å². The molecule has 1 saturated heterocycles. The lowest BCUT2D eigenvalue weighted by atomic mass is 9.90. The minimum absolute atomic E-state index is 0. The van der Waals surface area contributed by atoms with Gasteiger partial charge in [-0.1, -0.05) is 26.0 Å². The van der Waals surface area contributed by atoms with Crippen LogP contribution in [-0.4, -0.2) is 59.4 Å². The number of esters is 1. The standard InChI is InChI=1S/C26H34N4O4.ClH/c1-17(2)14-23(31)30-12-9-20(10-13-30)24-22(16-28-18(3)29-24)25(32)27-11-8-19-6-5-7-21(15-19)26(33)34-4;/h5-7,15-17,20H,8-14H2,1-4H3,(H,27,32);1H. The van der Waals surface area contributed by atoms with Crippen molar-refractivity contribution in [1.29, 1.82) is 0 Å². The molecule has 0 unspecified atom stereocenters. The average Bonchev–Trinajstić information content (AvgIpc) is 2.83. The summed E-state index contributed by atoms with van der Waals surface area (Å²) in [6.07, 6.45) is 4.30. The molecule has 9 heteroatoms. The van der Waals surface area contributed by atoms with Gasteiger partial charge in [0.05, 0.1) is 23.9 Å². The van der Waals surface area contributed by atoms with Crippen molar-refractivity contribution in [3.05, 3.63) is 58.7 Å². The van der Waals surface area contributed by atoms with E-state index in [1.165, 1.54) is 7.11 Å². The molecule has 1 aromatic heterocycles. The number of amides is 2. The Hall–Kier alpha value is -3.00. The highest BCUT2D eigenvalue weighted by atomic mass is 35.5. The van der Waals surface area contributed by atoms with Gasteiger partial charge in [0, 0.05) is 38.2 Å². The first-order valence-corrected chi connectivity index (χ1v) is 11.8. The Kier molecular flexibility index (Phi) is 10.6. The largest absolute Gasteiger partial charge is 0.465 e. The van der Waals surface area contributed by atoms with Crippen molar-refractivity contribution in [3.8, 4) is 0 Å². The number of aromatic nitrogens is 2. The van der Waals surface area contributed by atoms with Crippen LogP contribution in [0.4, 0.5) is 0 Å². The van der Waals surface area contributed by atoms with Gasteiger partial charge >= 0.3 is 5.97 Å². The van der Waals surface area contributed by atoms with E-state index in [0.717, 1.165) is 24.1 Å². The molecule has 190 valence electrons. The van der Waals surface area contributed by atoms with Gasteiger partial charge in [0.1, 0.15) is 5.82 Å². The molecule has 2 amide bonds. The summed E-state index contributed by atoms with van der Waals surface area (Å²) in [5.74, 6) is 0.683. The van der Waals surface area contributed by atoms with Gasteiger partial charge in [-0.15, -0.1) is 12.4 Å². The van der Waals surface area contributed by atoms with Crippen LogP contribution < -0.4 is 5.32 Å². The Labute approximate surface area is 213 Å². The molecule has 0 aliphatic carbocycles. The molecule has 0 radical (unpaired) electrons. The van der Waals surface area contributed by atoms with Crippen LogP contribution >= 0.6 is 12.4 Å². The predicted octanol–water partition coefficient (Wildman–Crippen LogP) is 3.72. The van der Waals surface area contributed by atoms with Crippen molar-refractivity contribution in [2.45, 2.75) is 52.4 Å². The molecular weight excluding hydrogens is 468 g/mol. The Morgan fingerprint density at radius 1 is 1.20 bits per heavy atom. The van der Waals surface area contributed by atoms with Crippen molar-refractivity contribution in [2.24, 2.45) is 5.92 Å². The molecule has 1 fully saturated rings. The van der Waals surface area contributed by atoms with Gasteiger partial charge in [0.25, 0.3) is 5.91 Å². The number of hydrogen-bond donors (Lipinski definition) is 1. The quantitative estimate of drug-likeness (QED) is 0.552. The van der Waals surface area contributed by atoms with Crippen LogP contribution in [0.5, 0.6) is 0 Å². The molecule has 1 aromatic carbocycles. The molecule has 0 atom stereocenters. The normalized spacial score (nSPS) is 13.8. The van der Waals surface area contributed by atoms with Gasteiger partial charge < -0.3 is 15.0 Å².